The Bertz CT molecular complexity index is 563. The molecular formula is C14H16N2O2S. The molecule has 19 heavy (non-hydrogen) atoms. The molecular weight excluding hydrogens is 260 g/mol. The van der Waals surface area contributed by atoms with E-state index in [2.05, 4.69) is 22.2 Å². The first-order chi connectivity index (χ1) is 9.10. The molecule has 2 rings (SSSR count). The van der Waals surface area contributed by atoms with Crippen LogP contribution in [-0.4, -0.2) is 23.1 Å². The van der Waals surface area contributed by atoms with Crippen molar-refractivity contribution in [3.63, 3.8) is 0 Å². The van der Waals surface area contributed by atoms with Crippen molar-refractivity contribution in [2.24, 2.45) is 0 Å². The fourth-order valence-corrected chi connectivity index (χ4v) is 2.60. The number of carboxylic acid groups (broad SMARTS) is 1. The molecule has 0 saturated heterocycles. The lowest BCUT2D eigenvalue weighted by molar-refractivity contribution is 0.0697. The number of thiazole rings is 1. The number of hydrogen-bond acceptors (Lipinski definition) is 4. The van der Waals surface area contributed by atoms with Crippen molar-refractivity contribution in [3.8, 4) is 0 Å². The summed E-state index contributed by atoms with van der Waals surface area (Å²) in [5, 5.41) is 11.9. The summed E-state index contributed by atoms with van der Waals surface area (Å²) in [6.07, 6.45) is 0.942. The first-order valence-electron chi connectivity index (χ1n) is 6.08. The third-order valence-corrected chi connectivity index (χ3v) is 3.85. The molecule has 0 bridgehead atoms. The predicted molar refractivity (Wildman–Crippen MR) is 77.0 cm³/mol. The fraction of sp³-hybridized carbons (Fsp3) is 0.286. The second-order valence-corrected chi connectivity index (χ2v) is 5.17. The van der Waals surface area contributed by atoms with E-state index in [9.17, 15) is 4.79 Å². The van der Waals surface area contributed by atoms with Crippen molar-refractivity contribution < 1.29 is 9.90 Å². The average molecular weight is 276 g/mol. The van der Waals surface area contributed by atoms with Crippen molar-refractivity contribution in [1.29, 1.82) is 0 Å². The highest BCUT2D eigenvalue weighted by molar-refractivity contribution is 7.13. The van der Waals surface area contributed by atoms with Crippen LogP contribution in [0.2, 0.25) is 0 Å². The molecule has 0 unspecified atom stereocenters. The quantitative estimate of drug-likeness (QED) is 0.912. The van der Waals surface area contributed by atoms with Crippen LogP contribution >= 0.6 is 11.3 Å². The van der Waals surface area contributed by atoms with E-state index in [4.69, 9.17) is 5.11 Å². The molecule has 0 spiro atoms. The highest BCUT2D eigenvalue weighted by atomic mass is 32.1. The summed E-state index contributed by atoms with van der Waals surface area (Å²) >= 11 is 1.63. The van der Waals surface area contributed by atoms with Gasteiger partial charge >= 0.3 is 5.97 Å². The number of benzene rings is 1. The smallest absolute Gasteiger partial charge is 0.335 e. The highest BCUT2D eigenvalue weighted by Gasteiger charge is 2.08. The number of nitrogens with zero attached hydrogens (tertiary/aromatic N) is 2. The summed E-state index contributed by atoms with van der Waals surface area (Å²) in [5.41, 5.74) is 2.49. The number of hydrogen-bond donors (Lipinski definition) is 1. The number of aromatic nitrogens is 1. The second-order valence-electron chi connectivity index (χ2n) is 4.33. The molecule has 1 N–H and O–H groups in total. The maximum absolute atomic E-state index is 10.8. The molecule has 0 atom stereocenters. The Morgan fingerprint density at radius 3 is 2.58 bits per heavy atom. The number of anilines is 1. The van der Waals surface area contributed by atoms with Crippen LogP contribution in [0.15, 0.2) is 29.6 Å². The Balaban J connectivity index is 2.05. The summed E-state index contributed by atoms with van der Waals surface area (Å²) in [5.74, 6) is -0.896. The van der Waals surface area contributed by atoms with Crippen molar-refractivity contribution in [3.05, 3.63) is 46.5 Å². The normalized spacial score (nSPS) is 10.4. The first-order valence-corrected chi connectivity index (χ1v) is 6.96. The average Bonchev–Trinajstić information content (AvgIpc) is 2.88. The van der Waals surface area contributed by atoms with E-state index in [1.54, 1.807) is 23.5 Å². The van der Waals surface area contributed by atoms with Crippen molar-refractivity contribution in [2.75, 3.05) is 11.9 Å². The third-order valence-electron chi connectivity index (χ3n) is 2.85. The van der Waals surface area contributed by atoms with Crippen LogP contribution in [0.3, 0.4) is 0 Å². The molecule has 0 radical (unpaired) electrons. The highest BCUT2D eigenvalue weighted by Crippen LogP contribution is 2.21. The number of rotatable bonds is 5. The fourth-order valence-electron chi connectivity index (χ4n) is 1.73. The molecule has 5 heteroatoms. The molecule has 2 aromatic rings. The zero-order valence-corrected chi connectivity index (χ0v) is 11.8. The van der Waals surface area contributed by atoms with Crippen molar-refractivity contribution in [2.45, 2.75) is 19.9 Å². The minimum Gasteiger partial charge on any atom is -0.478 e. The first kappa shape index (κ1) is 13.5. The SMILES string of the molecule is CCc1csc(N(C)Cc2ccc(C(=O)O)cc2)n1. The third kappa shape index (κ3) is 3.32. The largest absolute Gasteiger partial charge is 0.478 e. The van der Waals surface area contributed by atoms with Crippen LogP contribution in [0.5, 0.6) is 0 Å². The van der Waals surface area contributed by atoms with E-state index >= 15 is 0 Å². The second kappa shape index (κ2) is 5.84. The van der Waals surface area contributed by atoms with Crippen LogP contribution in [0.1, 0.15) is 28.5 Å². The number of aromatic carboxylic acids is 1. The molecule has 1 aromatic heterocycles. The monoisotopic (exact) mass is 276 g/mol. The minimum absolute atomic E-state index is 0.314. The van der Waals surface area contributed by atoms with Gasteiger partial charge in [0.25, 0.3) is 0 Å². The van der Waals surface area contributed by atoms with Gasteiger partial charge in [-0.05, 0) is 24.1 Å². The molecule has 0 aliphatic rings. The molecule has 4 nitrogen and oxygen atoms in total. The molecule has 1 heterocycles. The Morgan fingerprint density at radius 2 is 2.05 bits per heavy atom. The molecule has 0 saturated carbocycles. The van der Waals surface area contributed by atoms with Gasteiger partial charge in [-0.3, -0.25) is 0 Å². The van der Waals surface area contributed by atoms with Gasteiger partial charge in [0.1, 0.15) is 0 Å². The lowest BCUT2D eigenvalue weighted by atomic mass is 10.1. The maximum Gasteiger partial charge on any atom is 0.335 e. The van der Waals surface area contributed by atoms with Gasteiger partial charge in [-0.2, -0.15) is 0 Å². The van der Waals surface area contributed by atoms with Gasteiger partial charge in [0.15, 0.2) is 5.13 Å². The van der Waals surface area contributed by atoms with Crippen LogP contribution in [0, 0.1) is 0 Å². The zero-order valence-electron chi connectivity index (χ0n) is 11.0. The van der Waals surface area contributed by atoms with Crippen LogP contribution in [0.4, 0.5) is 5.13 Å². The van der Waals surface area contributed by atoms with Crippen molar-refractivity contribution in [1.82, 2.24) is 4.98 Å². The molecule has 0 fully saturated rings. The van der Waals surface area contributed by atoms with E-state index < -0.39 is 5.97 Å². The van der Waals surface area contributed by atoms with Crippen LogP contribution in [0.25, 0.3) is 0 Å². The lowest BCUT2D eigenvalue weighted by Crippen LogP contribution is -2.16. The van der Waals surface area contributed by atoms with Crippen LogP contribution < -0.4 is 4.90 Å². The van der Waals surface area contributed by atoms with E-state index in [1.165, 1.54) is 0 Å². The van der Waals surface area contributed by atoms with Gasteiger partial charge < -0.3 is 10.0 Å². The van der Waals surface area contributed by atoms with Gasteiger partial charge in [0.05, 0.1) is 11.3 Å². The summed E-state index contributed by atoms with van der Waals surface area (Å²) in [4.78, 5) is 17.4. The Hall–Kier alpha value is -1.88. The summed E-state index contributed by atoms with van der Waals surface area (Å²) in [7, 11) is 1.99. The van der Waals surface area contributed by atoms with Gasteiger partial charge in [-0.1, -0.05) is 19.1 Å². The lowest BCUT2D eigenvalue weighted by Gasteiger charge is -2.15. The van der Waals surface area contributed by atoms with E-state index in [0.717, 1.165) is 29.4 Å². The van der Waals surface area contributed by atoms with Gasteiger partial charge in [0, 0.05) is 19.0 Å². The zero-order chi connectivity index (χ0) is 13.8. The van der Waals surface area contributed by atoms with E-state index in [-0.39, 0.29) is 0 Å². The Labute approximate surface area is 116 Å². The molecule has 100 valence electrons. The van der Waals surface area contributed by atoms with Crippen molar-refractivity contribution >= 4 is 22.4 Å². The predicted octanol–water partition coefficient (Wildman–Crippen LogP) is 3.04. The molecule has 0 aliphatic heterocycles. The Kier molecular flexibility index (Phi) is 4.16. The maximum atomic E-state index is 10.8. The summed E-state index contributed by atoms with van der Waals surface area (Å²) < 4.78 is 0. The minimum atomic E-state index is -0.896. The number of carboxylic acids is 1. The summed E-state index contributed by atoms with van der Waals surface area (Å²) in [6.45, 7) is 2.81. The topological polar surface area (TPSA) is 53.4 Å². The summed E-state index contributed by atoms with van der Waals surface area (Å²) in [6, 6.07) is 6.94. The van der Waals surface area contributed by atoms with Gasteiger partial charge in [0.2, 0.25) is 0 Å². The number of aryl methyl sites for hydroxylation is 1. The number of carbonyl (C=O) groups is 1. The van der Waals surface area contributed by atoms with Gasteiger partial charge in [-0.25, -0.2) is 9.78 Å². The molecule has 0 amide bonds. The molecule has 0 aliphatic carbocycles. The standard InChI is InChI=1S/C14H16N2O2S/c1-3-12-9-19-14(15-12)16(2)8-10-4-6-11(7-5-10)13(17)18/h4-7,9H,3,8H2,1-2H3,(H,17,18). The van der Waals surface area contributed by atoms with Crippen LogP contribution in [-0.2, 0) is 13.0 Å². The molecule has 1 aromatic carbocycles. The van der Waals surface area contributed by atoms with E-state index in [0.29, 0.717) is 5.56 Å². The van der Waals surface area contributed by atoms with E-state index in [1.807, 2.05) is 19.2 Å². The van der Waals surface area contributed by atoms with Gasteiger partial charge in [-0.15, -0.1) is 11.3 Å². The Morgan fingerprint density at radius 1 is 1.37 bits per heavy atom.